The highest BCUT2D eigenvalue weighted by atomic mass is 19.1. The predicted octanol–water partition coefficient (Wildman–Crippen LogP) is 7.26. The summed E-state index contributed by atoms with van der Waals surface area (Å²) in [6.07, 6.45) is 2.39. The smallest absolute Gasteiger partial charge is 0.291 e. The summed E-state index contributed by atoms with van der Waals surface area (Å²) in [6, 6.07) is 20.4. The summed E-state index contributed by atoms with van der Waals surface area (Å²) in [5.74, 6) is 0.499. The molecule has 186 valence electrons. The number of rotatable bonds is 5. The Morgan fingerprint density at radius 2 is 1.76 bits per heavy atom. The summed E-state index contributed by atoms with van der Waals surface area (Å²) in [6.45, 7) is 4.90. The third-order valence-electron chi connectivity index (χ3n) is 7.04. The quantitative estimate of drug-likeness (QED) is 0.253. The second-order valence-corrected chi connectivity index (χ2v) is 9.33. The lowest BCUT2D eigenvalue weighted by molar-refractivity contribution is 0.0994. The molecule has 0 spiro atoms. The lowest BCUT2D eigenvalue weighted by Crippen LogP contribution is -2.14. The zero-order chi connectivity index (χ0) is 25.5. The number of furan rings is 1. The summed E-state index contributed by atoms with van der Waals surface area (Å²) in [7, 11) is 0. The van der Waals surface area contributed by atoms with E-state index < -0.39 is 0 Å². The normalized spacial score (nSPS) is 14.3. The van der Waals surface area contributed by atoms with Crippen LogP contribution in [0.5, 0.6) is 0 Å². The molecule has 1 aliphatic rings. The standard InChI is InChI=1S/C30H27FN4O2/c1-3-35-25-9-5-4-7-22(25)23-17-21(15-16-26(23)35)32-30(36)29-18(2)28-24(8-6-10-27(28)37-29)34-33-20-13-11-19(31)12-14-20/h4-5,7,9,11-17,33H,3,6,8,10H2,1-2H3,(H,32,36)/b34-24+. The van der Waals surface area contributed by atoms with Crippen molar-refractivity contribution in [2.24, 2.45) is 5.10 Å². The largest absolute Gasteiger partial charge is 0.455 e. The van der Waals surface area contributed by atoms with Gasteiger partial charge in [0.1, 0.15) is 11.6 Å². The van der Waals surface area contributed by atoms with Crippen LogP contribution >= 0.6 is 0 Å². The molecule has 0 atom stereocenters. The molecule has 0 unspecified atom stereocenters. The molecule has 5 aromatic rings. The number of hydrazone groups is 1. The van der Waals surface area contributed by atoms with E-state index in [2.05, 4.69) is 45.5 Å². The van der Waals surface area contributed by atoms with E-state index in [-0.39, 0.29) is 11.7 Å². The van der Waals surface area contributed by atoms with Gasteiger partial charge in [-0.3, -0.25) is 10.2 Å². The fraction of sp³-hybridized carbons (Fsp3) is 0.200. The van der Waals surface area contributed by atoms with Gasteiger partial charge in [-0.1, -0.05) is 18.2 Å². The van der Waals surface area contributed by atoms with Crippen molar-refractivity contribution in [3.05, 3.63) is 95.2 Å². The molecular weight excluding hydrogens is 467 g/mol. The number of halogens is 1. The maximum Gasteiger partial charge on any atom is 0.291 e. The number of amides is 1. The van der Waals surface area contributed by atoms with Gasteiger partial charge < -0.3 is 14.3 Å². The van der Waals surface area contributed by atoms with E-state index in [1.54, 1.807) is 12.1 Å². The minimum atomic E-state index is -0.297. The van der Waals surface area contributed by atoms with Crippen LogP contribution in [0.4, 0.5) is 15.8 Å². The van der Waals surface area contributed by atoms with Crippen LogP contribution in [0.1, 0.15) is 47.2 Å². The molecule has 2 heterocycles. The Morgan fingerprint density at radius 1 is 1.00 bits per heavy atom. The van der Waals surface area contributed by atoms with Crippen molar-refractivity contribution >= 4 is 44.8 Å². The van der Waals surface area contributed by atoms with Gasteiger partial charge >= 0.3 is 0 Å². The predicted molar refractivity (Wildman–Crippen MR) is 146 cm³/mol. The summed E-state index contributed by atoms with van der Waals surface area (Å²) in [5.41, 5.74) is 9.23. The summed E-state index contributed by atoms with van der Waals surface area (Å²) < 4.78 is 21.6. The number of anilines is 2. The Hall–Kier alpha value is -4.39. The number of carbonyl (C=O) groups is 1. The topological polar surface area (TPSA) is 71.6 Å². The van der Waals surface area contributed by atoms with E-state index in [0.717, 1.165) is 70.4 Å². The van der Waals surface area contributed by atoms with Crippen LogP contribution in [-0.4, -0.2) is 16.2 Å². The molecule has 0 fully saturated rings. The highest BCUT2D eigenvalue weighted by molar-refractivity contribution is 6.12. The van der Waals surface area contributed by atoms with Crippen molar-refractivity contribution in [2.45, 2.75) is 39.7 Å². The highest BCUT2D eigenvalue weighted by Crippen LogP contribution is 2.33. The van der Waals surface area contributed by atoms with E-state index in [9.17, 15) is 9.18 Å². The van der Waals surface area contributed by atoms with Crippen molar-refractivity contribution < 1.29 is 13.6 Å². The minimum absolute atomic E-state index is 0.281. The number of benzene rings is 3. The third-order valence-corrected chi connectivity index (χ3v) is 7.04. The maximum atomic E-state index is 13.3. The van der Waals surface area contributed by atoms with Crippen LogP contribution in [0.2, 0.25) is 0 Å². The van der Waals surface area contributed by atoms with Crippen LogP contribution in [-0.2, 0) is 13.0 Å². The first-order valence-electron chi connectivity index (χ1n) is 12.6. The van der Waals surface area contributed by atoms with Gasteiger partial charge in [-0.25, -0.2) is 4.39 Å². The van der Waals surface area contributed by atoms with Gasteiger partial charge in [0, 0.05) is 51.6 Å². The fourth-order valence-electron chi connectivity index (χ4n) is 5.31. The first-order valence-corrected chi connectivity index (χ1v) is 12.6. The monoisotopic (exact) mass is 494 g/mol. The van der Waals surface area contributed by atoms with E-state index in [4.69, 9.17) is 4.42 Å². The molecular formula is C30H27FN4O2. The zero-order valence-electron chi connectivity index (χ0n) is 20.8. The van der Waals surface area contributed by atoms with E-state index in [1.165, 1.54) is 17.6 Å². The molecule has 2 N–H and O–H groups in total. The van der Waals surface area contributed by atoms with Gasteiger partial charge in [-0.2, -0.15) is 5.10 Å². The number of hydrogen-bond donors (Lipinski definition) is 2. The summed E-state index contributed by atoms with van der Waals surface area (Å²) in [5, 5.41) is 9.87. The fourth-order valence-corrected chi connectivity index (χ4v) is 5.31. The Bertz CT molecular complexity index is 1680. The minimum Gasteiger partial charge on any atom is -0.455 e. The zero-order valence-corrected chi connectivity index (χ0v) is 20.8. The lowest BCUT2D eigenvalue weighted by atomic mass is 9.93. The molecule has 3 aromatic carbocycles. The van der Waals surface area contributed by atoms with Crippen LogP contribution in [0.25, 0.3) is 21.8 Å². The van der Waals surface area contributed by atoms with Crippen molar-refractivity contribution in [2.75, 3.05) is 10.7 Å². The number of carbonyl (C=O) groups excluding carboxylic acids is 1. The molecule has 37 heavy (non-hydrogen) atoms. The number of aromatic nitrogens is 1. The van der Waals surface area contributed by atoms with Crippen molar-refractivity contribution in [3.63, 3.8) is 0 Å². The van der Waals surface area contributed by atoms with Crippen LogP contribution in [0.3, 0.4) is 0 Å². The number of fused-ring (bicyclic) bond motifs is 4. The van der Waals surface area contributed by atoms with Crippen LogP contribution in [0.15, 0.2) is 76.2 Å². The van der Waals surface area contributed by atoms with Crippen LogP contribution < -0.4 is 10.7 Å². The number of nitrogens with one attached hydrogen (secondary N) is 2. The first kappa shape index (κ1) is 23.0. The van der Waals surface area contributed by atoms with Gasteiger partial charge in [0.25, 0.3) is 5.91 Å². The highest BCUT2D eigenvalue weighted by Gasteiger charge is 2.28. The summed E-state index contributed by atoms with van der Waals surface area (Å²) in [4.78, 5) is 13.3. The van der Waals surface area contributed by atoms with Crippen molar-refractivity contribution in [1.29, 1.82) is 0 Å². The van der Waals surface area contributed by atoms with Gasteiger partial charge in [-0.15, -0.1) is 0 Å². The Labute approximate surface area is 213 Å². The molecule has 7 heteroatoms. The molecule has 1 aliphatic carbocycles. The van der Waals surface area contributed by atoms with Gasteiger partial charge in [0.05, 0.1) is 11.4 Å². The first-order chi connectivity index (χ1) is 18.0. The molecule has 0 saturated carbocycles. The Balaban J connectivity index is 1.29. The SMILES string of the molecule is CCn1c2ccccc2c2cc(NC(=O)c3oc4c(c3C)/C(=N/Nc3ccc(F)cc3)CCC4)ccc21. The van der Waals surface area contributed by atoms with E-state index >= 15 is 0 Å². The molecule has 0 bridgehead atoms. The molecule has 0 radical (unpaired) electrons. The van der Waals surface area contributed by atoms with Gasteiger partial charge in [0.15, 0.2) is 5.76 Å². The number of nitrogens with zero attached hydrogens (tertiary/aromatic N) is 2. The summed E-state index contributed by atoms with van der Waals surface area (Å²) >= 11 is 0. The van der Waals surface area contributed by atoms with Gasteiger partial charge in [0.2, 0.25) is 0 Å². The number of hydrogen-bond acceptors (Lipinski definition) is 4. The molecule has 1 amide bonds. The van der Waals surface area contributed by atoms with Crippen LogP contribution in [0, 0.1) is 12.7 Å². The molecule has 0 saturated heterocycles. The van der Waals surface area contributed by atoms with Crippen molar-refractivity contribution in [1.82, 2.24) is 4.57 Å². The van der Waals surface area contributed by atoms with E-state index in [0.29, 0.717) is 11.4 Å². The lowest BCUT2D eigenvalue weighted by Gasteiger charge is -2.13. The molecule has 6 rings (SSSR count). The average Bonchev–Trinajstić information content (AvgIpc) is 3.43. The second-order valence-electron chi connectivity index (χ2n) is 9.33. The van der Waals surface area contributed by atoms with Gasteiger partial charge in [-0.05, 0) is 75.2 Å². The Kier molecular flexibility index (Phi) is 5.75. The number of para-hydroxylation sites is 1. The second kappa shape index (κ2) is 9.24. The van der Waals surface area contributed by atoms with Crippen molar-refractivity contribution in [3.8, 4) is 0 Å². The maximum absolute atomic E-state index is 13.3. The average molecular weight is 495 g/mol. The van der Waals surface area contributed by atoms with E-state index in [1.807, 2.05) is 31.2 Å². The third kappa shape index (κ3) is 4.06. The molecule has 2 aromatic heterocycles. The number of aryl methyl sites for hydroxylation is 2. The Morgan fingerprint density at radius 3 is 2.57 bits per heavy atom. The molecule has 0 aliphatic heterocycles. The molecule has 6 nitrogen and oxygen atoms in total.